The van der Waals surface area contributed by atoms with Gasteiger partial charge in [0.25, 0.3) is 0 Å². The normalized spacial score (nSPS) is 16.1. The van der Waals surface area contributed by atoms with Crippen LogP contribution < -0.4 is 15.2 Å². The van der Waals surface area contributed by atoms with Crippen molar-refractivity contribution in [1.82, 2.24) is 0 Å². The van der Waals surface area contributed by atoms with Gasteiger partial charge in [-0.25, -0.2) is 0 Å². The highest BCUT2D eigenvalue weighted by Gasteiger charge is 2.17. The van der Waals surface area contributed by atoms with Crippen LogP contribution in [0.2, 0.25) is 0 Å². The predicted molar refractivity (Wildman–Crippen MR) is 54.6 cm³/mol. The topological polar surface area (TPSA) is 44.5 Å². The summed E-state index contributed by atoms with van der Waals surface area (Å²) in [6.07, 6.45) is 1.69. The van der Waals surface area contributed by atoms with Crippen molar-refractivity contribution in [2.75, 3.05) is 13.2 Å². The third-order valence-corrected chi connectivity index (χ3v) is 2.21. The number of rotatable bonds is 2. The van der Waals surface area contributed by atoms with E-state index in [1.807, 2.05) is 18.2 Å². The van der Waals surface area contributed by atoms with E-state index >= 15 is 0 Å². The van der Waals surface area contributed by atoms with Gasteiger partial charge in [0.15, 0.2) is 11.5 Å². The molecule has 0 fully saturated rings. The van der Waals surface area contributed by atoms with E-state index in [0.717, 1.165) is 17.1 Å². The van der Waals surface area contributed by atoms with E-state index in [-0.39, 0.29) is 6.04 Å². The molecule has 14 heavy (non-hydrogen) atoms. The zero-order valence-electron chi connectivity index (χ0n) is 7.90. The van der Waals surface area contributed by atoms with Crippen molar-refractivity contribution in [1.29, 1.82) is 0 Å². The number of ether oxygens (including phenoxy) is 2. The third-order valence-electron chi connectivity index (χ3n) is 2.21. The Balaban J connectivity index is 2.44. The number of para-hydroxylation sites is 1. The summed E-state index contributed by atoms with van der Waals surface area (Å²) in [5.41, 5.74) is 6.79. The van der Waals surface area contributed by atoms with Crippen LogP contribution in [0.3, 0.4) is 0 Å². The Morgan fingerprint density at radius 1 is 1.36 bits per heavy atom. The lowest BCUT2D eigenvalue weighted by molar-refractivity contribution is 0.169. The Hall–Kier alpha value is -1.48. The van der Waals surface area contributed by atoms with Gasteiger partial charge in [-0.3, -0.25) is 0 Å². The molecule has 1 aromatic rings. The molecule has 0 spiro atoms. The SMILES string of the molecule is C=C[C@@H](N)c1cccc2c1OCCO2. The summed E-state index contributed by atoms with van der Waals surface area (Å²) < 4.78 is 11.0. The van der Waals surface area contributed by atoms with Crippen LogP contribution in [0.4, 0.5) is 0 Å². The highest BCUT2D eigenvalue weighted by atomic mass is 16.6. The molecule has 1 aromatic carbocycles. The first-order valence-corrected chi connectivity index (χ1v) is 4.59. The Morgan fingerprint density at radius 2 is 2.14 bits per heavy atom. The molecule has 0 bridgehead atoms. The second-order valence-corrected chi connectivity index (χ2v) is 3.13. The number of hydrogen-bond acceptors (Lipinski definition) is 3. The van der Waals surface area contributed by atoms with Gasteiger partial charge in [0, 0.05) is 5.56 Å². The van der Waals surface area contributed by atoms with Gasteiger partial charge in [-0.2, -0.15) is 0 Å². The molecule has 0 unspecified atom stereocenters. The van der Waals surface area contributed by atoms with Crippen molar-refractivity contribution < 1.29 is 9.47 Å². The zero-order chi connectivity index (χ0) is 9.97. The van der Waals surface area contributed by atoms with E-state index in [0.29, 0.717) is 13.2 Å². The maximum atomic E-state index is 5.86. The highest BCUT2D eigenvalue weighted by molar-refractivity contribution is 5.49. The van der Waals surface area contributed by atoms with E-state index in [4.69, 9.17) is 15.2 Å². The molecule has 0 aromatic heterocycles. The van der Waals surface area contributed by atoms with Crippen LogP contribution in [-0.4, -0.2) is 13.2 Å². The minimum absolute atomic E-state index is 0.202. The van der Waals surface area contributed by atoms with Crippen LogP contribution in [0.1, 0.15) is 11.6 Å². The van der Waals surface area contributed by atoms with Gasteiger partial charge in [-0.05, 0) is 6.07 Å². The minimum atomic E-state index is -0.202. The fraction of sp³-hybridized carbons (Fsp3) is 0.273. The lowest BCUT2D eigenvalue weighted by Crippen LogP contribution is -2.18. The predicted octanol–water partition coefficient (Wildman–Crippen LogP) is 1.64. The van der Waals surface area contributed by atoms with Crippen molar-refractivity contribution in [2.24, 2.45) is 5.73 Å². The summed E-state index contributed by atoms with van der Waals surface area (Å²) in [5, 5.41) is 0. The molecule has 3 nitrogen and oxygen atoms in total. The van der Waals surface area contributed by atoms with E-state index in [9.17, 15) is 0 Å². The first kappa shape index (κ1) is 9.09. The molecule has 0 saturated carbocycles. The lowest BCUT2D eigenvalue weighted by Gasteiger charge is -2.22. The second-order valence-electron chi connectivity index (χ2n) is 3.13. The largest absolute Gasteiger partial charge is 0.486 e. The summed E-state index contributed by atoms with van der Waals surface area (Å²) in [6, 6.07) is 5.52. The van der Waals surface area contributed by atoms with Gasteiger partial charge in [0.05, 0.1) is 6.04 Å². The van der Waals surface area contributed by atoms with Gasteiger partial charge < -0.3 is 15.2 Å². The fourth-order valence-electron chi connectivity index (χ4n) is 1.49. The molecule has 0 aliphatic carbocycles. The quantitative estimate of drug-likeness (QED) is 0.723. The summed E-state index contributed by atoms with van der Waals surface area (Å²) in [4.78, 5) is 0. The summed E-state index contributed by atoms with van der Waals surface area (Å²) >= 11 is 0. The van der Waals surface area contributed by atoms with E-state index in [2.05, 4.69) is 6.58 Å². The zero-order valence-corrected chi connectivity index (χ0v) is 7.90. The Bertz CT molecular complexity index is 349. The molecule has 1 atom stereocenters. The van der Waals surface area contributed by atoms with Gasteiger partial charge in [0.2, 0.25) is 0 Å². The number of hydrogen-bond donors (Lipinski definition) is 1. The van der Waals surface area contributed by atoms with Gasteiger partial charge in [-0.15, -0.1) is 6.58 Å². The molecule has 2 rings (SSSR count). The molecule has 2 N–H and O–H groups in total. The lowest BCUT2D eigenvalue weighted by atomic mass is 10.1. The smallest absolute Gasteiger partial charge is 0.166 e. The monoisotopic (exact) mass is 191 g/mol. The van der Waals surface area contributed by atoms with Crippen molar-refractivity contribution in [3.8, 4) is 11.5 Å². The van der Waals surface area contributed by atoms with E-state index in [1.165, 1.54) is 0 Å². The van der Waals surface area contributed by atoms with Crippen LogP contribution in [0.5, 0.6) is 11.5 Å². The van der Waals surface area contributed by atoms with Gasteiger partial charge in [0.1, 0.15) is 13.2 Å². The number of nitrogens with two attached hydrogens (primary N) is 1. The molecule has 0 saturated heterocycles. The third kappa shape index (κ3) is 1.46. The fourth-order valence-corrected chi connectivity index (χ4v) is 1.49. The van der Waals surface area contributed by atoms with E-state index in [1.54, 1.807) is 6.08 Å². The molecular formula is C11H13NO2. The van der Waals surface area contributed by atoms with Gasteiger partial charge in [-0.1, -0.05) is 18.2 Å². The summed E-state index contributed by atoms with van der Waals surface area (Å²) in [6.45, 7) is 4.84. The summed E-state index contributed by atoms with van der Waals surface area (Å²) in [5.74, 6) is 1.53. The van der Waals surface area contributed by atoms with E-state index < -0.39 is 0 Å². The summed E-state index contributed by atoms with van der Waals surface area (Å²) in [7, 11) is 0. The number of fused-ring (bicyclic) bond motifs is 1. The molecule has 1 heterocycles. The first-order chi connectivity index (χ1) is 6.83. The molecule has 0 amide bonds. The Kier molecular flexibility index (Phi) is 2.41. The van der Waals surface area contributed by atoms with Crippen LogP contribution in [0.25, 0.3) is 0 Å². The minimum Gasteiger partial charge on any atom is -0.486 e. The van der Waals surface area contributed by atoms with Crippen LogP contribution in [0, 0.1) is 0 Å². The standard InChI is InChI=1S/C11H13NO2/c1-2-9(12)8-4-3-5-10-11(8)14-7-6-13-10/h2-5,9H,1,6-7,12H2/t9-/m1/s1. The van der Waals surface area contributed by atoms with Crippen LogP contribution >= 0.6 is 0 Å². The molecule has 1 aliphatic heterocycles. The molecule has 74 valence electrons. The average molecular weight is 191 g/mol. The van der Waals surface area contributed by atoms with Crippen molar-refractivity contribution in [3.05, 3.63) is 36.4 Å². The highest BCUT2D eigenvalue weighted by Crippen LogP contribution is 2.36. The second kappa shape index (κ2) is 3.72. The average Bonchev–Trinajstić information content (AvgIpc) is 2.27. The molecule has 3 heteroatoms. The Labute approximate surface area is 83.1 Å². The van der Waals surface area contributed by atoms with Crippen LogP contribution in [-0.2, 0) is 0 Å². The van der Waals surface area contributed by atoms with Gasteiger partial charge >= 0.3 is 0 Å². The van der Waals surface area contributed by atoms with Crippen molar-refractivity contribution >= 4 is 0 Å². The molecular weight excluding hydrogens is 178 g/mol. The number of benzene rings is 1. The molecule has 1 aliphatic rings. The maximum absolute atomic E-state index is 5.86. The Morgan fingerprint density at radius 3 is 2.93 bits per heavy atom. The van der Waals surface area contributed by atoms with Crippen LogP contribution in [0.15, 0.2) is 30.9 Å². The first-order valence-electron chi connectivity index (χ1n) is 4.59. The molecule has 0 radical (unpaired) electrons. The van der Waals surface area contributed by atoms with Crippen molar-refractivity contribution in [3.63, 3.8) is 0 Å². The maximum Gasteiger partial charge on any atom is 0.166 e. The van der Waals surface area contributed by atoms with Crippen molar-refractivity contribution in [2.45, 2.75) is 6.04 Å².